The van der Waals surface area contributed by atoms with Crippen molar-refractivity contribution in [2.75, 3.05) is 13.2 Å². The summed E-state index contributed by atoms with van der Waals surface area (Å²) in [6.07, 6.45) is 5.26. The molecule has 1 unspecified atom stereocenters. The van der Waals surface area contributed by atoms with Gasteiger partial charge in [0.1, 0.15) is 0 Å². The molecule has 0 bridgehead atoms. The Balaban J connectivity index is 2.01. The summed E-state index contributed by atoms with van der Waals surface area (Å²) in [6, 6.07) is 9.18. The van der Waals surface area contributed by atoms with Crippen LogP contribution in [-0.4, -0.2) is 13.2 Å². The summed E-state index contributed by atoms with van der Waals surface area (Å²) in [6.45, 7) is 8.67. The van der Waals surface area contributed by atoms with E-state index in [1.54, 1.807) is 12.1 Å². The van der Waals surface area contributed by atoms with Crippen LogP contribution in [0.2, 0.25) is 0 Å². The van der Waals surface area contributed by atoms with Crippen LogP contribution in [0.25, 0.3) is 0 Å². The number of hydrogen-bond donors (Lipinski definition) is 0. The van der Waals surface area contributed by atoms with Crippen LogP contribution in [-0.2, 0) is 13.6 Å². The van der Waals surface area contributed by atoms with Gasteiger partial charge in [0.05, 0.1) is 18.5 Å². The van der Waals surface area contributed by atoms with Gasteiger partial charge >= 0.3 is 7.60 Å². The first-order valence-electron chi connectivity index (χ1n) is 7.83. The molecule has 1 aromatic carbocycles. The summed E-state index contributed by atoms with van der Waals surface area (Å²) < 4.78 is 24.1. The lowest BCUT2D eigenvalue weighted by Gasteiger charge is -2.24. The van der Waals surface area contributed by atoms with E-state index in [1.807, 2.05) is 25.1 Å². The molecular formula is C18H25O3P. The quantitative estimate of drug-likeness (QED) is 0.531. The monoisotopic (exact) mass is 320 g/mol. The maximum atomic E-state index is 12.9. The summed E-state index contributed by atoms with van der Waals surface area (Å²) in [5, 5.41) is 0.619. The lowest BCUT2D eigenvalue weighted by atomic mass is 9.86. The molecule has 0 fully saturated rings. The van der Waals surface area contributed by atoms with Crippen LogP contribution in [0, 0.1) is 5.92 Å². The Kier molecular flexibility index (Phi) is 6.19. The molecule has 3 nitrogen and oxygen atoms in total. The van der Waals surface area contributed by atoms with E-state index in [2.05, 4.69) is 19.6 Å². The fourth-order valence-electron chi connectivity index (χ4n) is 2.60. The summed E-state index contributed by atoms with van der Waals surface area (Å²) in [7, 11) is -3.23. The molecule has 0 heterocycles. The predicted molar refractivity (Wildman–Crippen MR) is 91.5 cm³/mol. The van der Waals surface area contributed by atoms with Gasteiger partial charge < -0.3 is 9.05 Å². The minimum absolute atomic E-state index is 0.364. The SMILES string of the molecule is C=C(C)[C@@H]1CC=C(COP(=O)(OCC)c2ccccc2)CC1. The highest BCUT2D eigenvalue weighted by atomic mass is 31.2. The van der Waals surface area contributed by atoms with Crippen molar-refractivity contribution in [1.29, 1.82) is 0 Å². The second-order valence-electron chi connectivity index (χ2n) is 5.70. The zero-order valence-electron chi connectivity index (χ0n) is 13.5. The van der Waals surface area contributed by atoms with Crippen molar-refractivity contribution in [2.45, 2.75) is 33.1 Å². The lowest BCUT2D eigenvalue weighted by molar-refractivity contribution is 0.231. The lowest BCUT2D eigenvalue weighted by Crippen LogP contribution is -2.13. The topological polar surface area (TPSA) is 35.5 Å². The Morgan fingerprint density at radius 2 is 2.05 bits per heavy atom. The van der Waals surface area contributed by atoms with E-state index in [1.165, 1.54) is 11.1 Å². The van der Waals surface area contributed by atoms with E-state index in [9.17, 15) is 4.57 Å². The number of benzene rings is 1. The van der Waals surface area contributed by atoms with Gasteiger partial charge in [-0.3, -0.25) is 4.57 Å². The van der Waals surface area contributed by atoms with Crippen LogP contribution in [0.15, 0.2) is 54.1 Å². The molecule has 0 spiro atoms. The average molecular weight is 320 g/mol. The zero-order valence-corrected chi connectivity index (χ0v) is 14.4. The minimum atomic E-state index is -3.23. The third-order valence-corrected chi connectivity index (χ3v) is 5.99. The molecule has 2 atom stereocenters. The zero-order chi connectivity index (χ0) is 16.0. The van der Waals surface area contributed by atoms with Crippen LogP contribution in [0.5, 0.6) is 0 Å². The molecule has 22 heavy (non-hydrogen) atoms. The van der Waals surface area contributed by atoms with E-state index >= 15 is 0 Å². The van der Waals surface area contributed by atoms with Gasteiger partial charge in [-0.2, -0.15) is 0 Å². The van der Waals surface area contributed by atoms with E-state index in [4.69, 9.17) is 9.05 Å². The Bertz CT molecular complexity index is 577. The van der Waals surface area contributed by atoms with Crippen LogP contribution in [0.4, 0.5) is 0 Å². The van der Waals surface area contributed by atoms with E-state index in [-0.39, 0.29) is 0 Å². The Labute approximate surface area is 133 Å². The molecule has 0 aliphatic heterocycles. The van der Waals surface area contributed by atoms with Gasteiger partial charge in [-0.15, -0.1) is 0 Å². The second-order valence-corrected chi connectivity index (χ2v) is 7.73. The van der Waals surface area contributed by atoms with Crippen LogP contribution in [0.1, 0.15) is 33.1 Å². The Hall–Kier alpha value is -1.15. The Morgan fingerprint density at radius 1 is 1.32 bits per heavy atom. The standard InChI is InChI=1S/C18H25O3P/c1-4-20-22(19,18-8-6-5-7-9-18)21-14-16-10-12-17(13-11-16)15(2)3/h5-10,17H,2,4,11-14H2,1,3H3/t17-,22?/m1/s1. The number of hydrogen-bond acceptors (Lipinski definition) is 3. The number of allylic oxidation sites excluding steroid dienone is 2. The molecule has 2 rings (SSSR count). The molecule has 1 aliphatic carbocycles. The van der Waals surface area contributed by atoms with Gasteiger partial charge in [0.2, 0.25) is 0 Å². The number of rotatable bonds is 7. The molecule has 0 radical (unpaired) electrons. The molecular weight excluding hydrogens is 295 g/mol. The van der Waals surface area contributed by atoms with Crippen molar-refractivity contribution in [3.8, 4) is 0 Å². The van der Waals surface area contributed by atoms with Crippen molar-refractivity contribution in [3.63, 3.8) is 0 Å². The summed E-state index contributed by atoms with van der Waals surface area (Å²) >= 11 is 0. The third kappa shape index (κ3) is 4.42. The van der Waals surface area contributed by atoms with Gasteiger partial charge in [0.15, 0.2) is 0 Å². The van der Waals surface area contributed by atoms with Crippen molar-refractivity contribution in [1.82, 2.24) is 0 Å². The maximum absolute atomic E-state index is 12.9. The molecule has 1 aliphatic rings. The van der Waals surface area contributed by atoms with Gasteiger partial charge in [0.25, 0.3) is 0 Å². The largest absolute Gasteiger partial charge is 0.361 e. The highest BCUT2D eigenvalue weighted by molar-refractivity contribution is 7.62. The summed E-state index contributed by atoms with van der Waals surface area (Å²) in [5.74, 6) is 0.566. The van der Waals surface area contributed by atoms with Crippen LogP contribution >= 0.6 is 7.60 Å². The van der Waals surface area contributed by atoms with Crippen molar-refractivity contribution >= 4 is 12.9 Å². The molecule has 1 aromatic rings. The fourth-order valence-corrected chi connectivity index (χ4v) is 4.19. The molecule has 0 saturated carbocycles. The van der Waals surface area contributed by atoms with Crippen LogP contribution < -0.4 is 5.30 Å². The molecule has 0 N–H and O–H groups in total. The van der Waals surface area contributed by atoms with Crippen molar-refractivity contribution < 1.29 is 13.6 Å². The maximum Gasteiger partial charge on any atom is 0.361 e. The van der Waals surface area contributed by atoms with Gasteiger partial charge in [0, 0.05) is 0 Å². The van der Waals surface area contributed by atoms with E-state index in [0.29, 0.717) is 24.4 Å². The smallest absolute Gasteiger partial charge is 0.305 e. The molecule has 0 aromatic heterocycles. The Morgan fingerprint density at radius 3 is 2.59 bits per heavy atom. The summed E-state index contributed by atoms with van der Waals surface area (Å²) in [4.78, 5) is 0. The molecule has 4 heteroatoms. The van der Waals surface area contributed by atoms with E-state index in [0.717, 1.165) is 19.3 Å². The molecule has 0 amide bonds. The highest BCUT2D eigenvalue weighted by Gasteiger charge is 2.27. The van der Waals surface area contributed by atoms with Crippen LogP contribution in [0.3, 0.4) is 0 Å². The van der Waals surface area contributed by atoms with Crippen molar-refractivity contribution in [3.05, 3.63) is 54.1 Å². The highest BCUT2D eigenvalue weighted by Crippen LogP contribution is 2.47. The fraction of sp³-hybridized carbons (Fsp3) is 0.444. The van der Waals surface area contributed by atoms with Gasteiger partial charge in [-0.05, 0) is 56.7 Å². The van der Waals surface area contributed by atoms with Gasteiger partial charge in [-0.1, -0.05) is 36.4 Å². The molecule has 120 valence electrons. The molecule has 0 saturated heterocycles. The summed E-state index contributed by atoms with van der Waals surface area (Å²) in [5.41, 5.74) is 2.44. The first-order chi connectivity index (χ1) is 10.5. The minimum Gasteiger partial charge on any atom is -0.305 e. The van der Waals surface area contributed by atoms with Crippen molar-refractivity contribution in [2.24, 2.45) is 5.92 Å². The van der Waals surface area contributed by atoms with E-state index < -0.39 is 7.60 Å². The van der Waals surface area contributed by atoms with Gasteiger partial charge in [-0.25, -0.2) is 0 Å². The third-order valence-electron chi connectivity index (χ3n) is 3.99. The second kappa shape index (κ2) is 7.92. The first-order valence-corrected chi connectivity index (χ1v) is 9.37. The predicted octanol–water partition coefficient (Wildman–Crippen LogP) is 4.86. The normalized spacial score (nSPS) is 21.0. The first kappa shape index (κ1) is 17.2. The average Bonchev–Trinajstić information content (AvgIpc) is 2.54.